The van der Waals surface area contributed by atoms with Crippen molar-refractivity contribution < 1.29 is 0 Å². The molecule has 1 atom stereocenters. The van der Waals surface area contributed by atoms with Crippen LogP contribution in [-0.4, -0.2) is 22.1 Å². The monoisotopic (exact) mass is 223 g/mol. The van der Waals surface area contributed by atoms with Gasteiger partial charge in [0, 0.05) is 31.4 Å². The maximum atomic E-state index is 4.39. The summed E-state index contributed by atoms with van der Waals surface area (Å²) < 4.78 is 2.29. The van der Waals surface area contributed by atoms with Crippen molar-refractivity contribution in [3.63, 3.8) is 0 Å². The van der Waals surface area contributed by atoms with Crippen LogP contribution in [0.1, 0.15) is 45.9 Å². The number of nitrogens with zero attached hydrogens (tertiary/aromatic N) is 2. The van der Waals surface area contributed by atoms with Crippen molar-refractivity contribution in [1.82, 2.24) is 14.9 Å². The quantitative estimate of drug-likeness (QED) is 0.734. The molecule has 0 amide bonds. The maximum absolute atomic E-state index is 4.39. The van der Waals surface area contributed by atoms with Crippen LogP contribution in [0.3, 0.4) is 0 Å². The van der Waals surface area contributed by atoms with Gasteiger partial charge in [-0.1, -0.05) is 13.8 Å². The molecular formula is C13H25N3. The fourth-order valence-electron chi connectivity index (χ4n) is 1.82. The number of aromatic nitrogens is 2. The molecule has 0 saturated carbocycles. The van der Waals surface area contributed by atoms with Gasteiger partial charge in [-0.25, -0.2) is 4.98 Å². The SMILES string of the molecule is CCCNC(C)CCn1ccnc1CCC. The zero-order valence-corrected chi connectivity index (χ0v) is 10.9. The third kappa shape index (κ3) is 4.35. The van der Waals surface area contributed by atoms with Crippen molar-refractivity contribution >= 4 is 0 Å². The summed E-state index contributed by atoms with van der Waals surface area (Å²) in [5, 5.41) is 3.51. The fourth-order valence-corrected chi connectivity index (χ4v) is 1.82. The summed E-state index contributed by atoms with van der Waals surface area (Å²) in [6, 6.07) is 0.594. The second kappa shape index (κ2) is 7.44. The van der Waals surface area contributed by atoms with Crippen LogP contribution < -0.4 is 5.32 Å². The van der Waals surface area contributed by atoms with E-state index < -0.39 is 0 Å². The molecule has 0 spiro atoms. The first-order valence-corrected chi connectivity index (χ1v) is 6.51. The minimum Gasteiger partial charge on any atom is -0.335 e. The highest BCUT2D eigenvalue weighted by Gasteiger charge is 2.04. The van der Waals surface area contributed by atoms with Gasteiger partial charge in [0.15, 0.2) is 0 Å². The molecule has 3 nitrogen and oxygen atoms in total. The predicted octanol–water partition coefficient (Wildman–Crippen LogP) is 2.61. The first-order valence-electron chi connectivity index (χ1n) is 6.51. The minimum atomic E-state index is 0.594. The van der Waals surface area contributed by atoms with Crippen molar-refractivity contribution in [1.29, 1.82) is 0 Å². The fraction of sp³-hybridized carbons (Fsp3) is 0.769. The average Bonchev–Trinajstić information content (AvgIpc) is 2.72. The molecule has 1 aromatic heterocycles. The molecule has 0 fully saturated rings. The van der Waals surface area contributed by atoms with Gasteiger partial charge in [-0.05, 0) is 32.7 Å². The van der Waals surface area contributed by atoms with Crippen LogP contribution in [0.2, 0.25) is 0 Å². The summed E-state index contributed by atoms with van der Waals surface area (Å²) in [4.78, 5) is 4.39. The van der Waals surface area contributed by atoms with Gasteiger partial charge < -0.3 is 9.88 Å². The minimum absolute atomic E-state index is 0.594. The van der Waals surface area contributed by atoms with E-state index in [-0.39, 0.29) is 0 Å². The molecule has 1 N–H and O–H groups in total. The molecule has 0 bridgehead atoms. The summed E-state index contributed by atoms with van der Waals surface area (Å²) in [5.74, 6) is 1.23. The topological polar surface area (TPSA) is 29.9 Å². The molecule has 0 aliphatic rings. The third-order valence-corrected chi connectivity index (χ3v) is 2.82. The van der Waals surface area contributed by atoms with Crippen LogP contribution in [0.15, 0.2) is 12.4 Å². The third-order valence-electron chi connectivity index (χ3n) is 2.82. The lowest BCUT2D eigenvalue weighted by molar-refractivity contribution is 0.470. The Labute approximate surface area is 99.3 Å². The number of nitrogens with one attached hydrogen (secondary N) is 1. The summed E-state index contributed by atoms with van der Waals surface area (Å²) in [7, 11) is 0. The molecule has 0 saturated heterocycles. The number of imidazole rings is 1. The Morgan fingerprint density at radius 3 is 2.88 bits per heavy atom. The summed E-state index contributed by atoms with van der Waals surface area (Å²) in [6.07, 6.45) is 8.64. The molecule has 1 heterocycles. The van der Waals surface area contributed by atoms with Crippen LogP contribution in [0.4, 0.5) is 0 Å². The molecule has 3 heteroatoms. The van der Waals surface area contributed by atoms with Gasteiger partial charge in [-0.2, -0.15) is 0 Å². The summed E-state index contributed by atoms with van der Waals surface area (Å²) >= 11 is 0. The molecule has 0 aliphatic carbocycles. The first-order chi connectivity index (χ1) is 7.77. The summed E-state index contributed by atoms with van der Waals surface area (Å²) in [5.41, 5.74) is 0. The number of aryl methyl sites for hydroxylation is 2. The Kier molecular flexibility index (Phi) is 6.16. The number of hydrogen-bond donors (Lipinski definition) is 1. The van der Waals surface area contributed by atoms with E-state index in [2.05, 4.69) is 41.8 Å². The van der Waals surface area contributed by atoms with Gasteiger partial charge in [0.25, 0.3) is 0 Å². The van der Waals surface area contributed by atoms with E-state index in [0.29, 0.717) is 6.04 Å². The van der Waals surface area contributed by atoms with Crippen LogP contribution in [0, 0.1) is 0 Å². The van der Waals surface area contributed by atoms with Gasteiger partial charge in [0.1, 0.15) is 5.82 Å². The van der Waals surface area contributed by atoms with Crippen LogP contribution in [-0.2, 0) is 13.0 Å². The van der Waals surface area contributed by atoms with E-state index >= 15 is 0 Å². The zero-order chi connectivity index (χ0) is 11.8. The van der Waals surface area contributed by atoms with Crippen molar-refractivity contribution in [3.05, 3.63) is 18.2 Å². The predicted molar refractivity (Wildman–Crippen MR) is 68.6 cm³/mol. The standard InChI is InChI=1S/C13H25N3/c1-4-6-13-15-9-11-16(13)10-7-12(3)14-8-5-2/h9,11-12,14H,4-8,10H2,1-3H3. The molecular weight excluding hydrogens is 198 g/mol. The lowest BCUT2D eigenvalue weighted by Crippen LogP contribution is -2.28. The van der Waals surface area contributed by atoms with Gasteiger partial charge in [-0.3, -0.25) is 0 Å². The lowest BCUT2D eigenvalue weighted by Gasteiger charge is -2.14. The highest BCUT2D eigenvalue weighted by atomic mass is 15.1. The van der Waals surface area contributed by atoms with Crippen LogP contribution >= 0.6 is 0 Å². The summed E-state index contributed by atoms with van der Waals surface area (Å²) in [6.45, 7) is 8.85. The Morgan fingerprint density at radius 2 is 2.19 bits per heavy atom. The normalized spacial score (nSPS) is 12.9. The second-order valence-electron chi connectivity index (χ2n) is 4.43. The van der Waals surface area contributed by atoms with Gasteiger partial charge in [0.05, 0.1) is 0 Å². The smallest absolute Gasteiger partial charge is 0.108 e. The van der Waals surface area contributed by atoms with E-state index in [0.717, 1.165) is 19.5 Å². The van der Waals surface area contributed by atoms with Crippen molar-refractivity contribution in [2.24, 2.45) is 0 Å². The van der Waals surface area contributed by atoms with E-state index in [9.17, 15) is 0 Å². The van der Waals surface area contributed by atoms with Gasteiger partial charge in [-0.15, -0.1) is 0 Å². The Balaban J connectivity index is 2.32. The van der Waals surface area contributed by atoms with Gasteiger partial charge in [0.2, 0.25) is 0 Å². The Morgan fingerprint density at radius 1 is 1.38 bits per heavy atom. The van der Waals surface area contributed by atoms with Crippen molar-refractivity contribution in [2.45, 2.75) is 59.0 Å². The molecule has 1 unspecified atom stereocenters. The van der Waals surface area contributed by atoms with E-state index in [1.165, 1.54) is 25.1 Å². The molecule has 16 heavy (non-hydrogen) atoms. The van der Waals surface area contributed by atoms with Crippen molar-refractivity contribution in [2.75, 3.05) is 6.54 Å². The highest BCUT2D eigenvalue weighted by Crippen LogP contribution is 2.04. The zero-order valence-electron chi connectivity index (χ0n) is 10.9. The first kappa shape index (κ1) is 13.2. The highest BCUT2D eigenvalue weighted by molar-refractivity contribution is 4.92. The molecule has 0 radical (unpaired) electrons. The Bertz CT molecular complexity index is 280. The second-order valence-corrected chi connectivity index (χ2v) is 4.43. The molecule has 92 valence electrons. The molecule has 0 aliphatic heterocycles. The van der Waals surface area contributed by atoms with E-state index in [1.54, 1.807) is 0 Å². The van der Waals surface area contributed by atoms with E-state index in [1.807, 2.05) is 6.20 Å². The maximum Gasteiger partial charge on any atom is 0.108 e. The molecule has 0 aromatic carbocycles. The van der Waals surface area contributed by atoms with E-state index in [4.69, 9.17) is 0 Å². The molecule has 1 aromatic rings. The van der Waals surface area contributed by atoms with Crippen LogP contribution in [0.5, 0.6) is 0 Å². The largest absolute Gasteiger partial charge is 0.335 e. The van der Waals surface area contributed by atoms with Gasteiger partial charge >= 0.3 is 0 Å². The number of hydrogen-bond acceptors (Lipinski definition) is 2. The van der Waals surface area contributed by atoms with Crippen molar-refractivity contribution in [3.8, 4) is 0 Å². The Hall–Kier alpha value is -0.830. The average molecular weight is 223 g/mol. The van der Waals surface area contributed by atoms with Crippen LogP contribution in [0.25, 0.3) is 0 Å². The lowest BCUT2D eigenvalue weighted by atomic mass is 10.2. The number of rotatable bonds is 8. The molecule has 1 rings (SSSR count).